The van der Waals surface area contributed by atoms with E-state index in [1.165, 1.54) is 83.5 Å². The van der Waals surface area contributed by atoms with Crippen LogP contribution in [0.25, 0.3) is 0 Å². The van der Waals surface area contributed by atoms with Gasteiger partial charge >= 0.3 is 13.8 Å². The first-order chi connectivity index (χ1) is 31.9. The van der Waals surface area contributed by atoms with Gasteiger partial charge in [-0.25, -0.2) is 4.57 Å². The van der Waals surface area contributed by atoms with Gasteiger partial charge in [-0.15, -0.1) is 0 Å². The largest absolute Gasteiger partial charge is 0.472 e. The highest BCUT2D eigenvalue weighted by atomic mass is 31.2. The summed E-state index contributed by atoms with van der Waals surface area (Å²) >= 11 is 0. The lowest BCUT2D eigenvalue weighted by molar-refractivity contribution is -0.870. The van der Waals surface area contributed by atoms with Crippen molar-refractivity contribution in [2.75, 3.05) is 40.9 Å². The third kappa shape index (κ3) is 46.6. The van der Waals surface area contributed by atoms with Crippen LogP contribution in [0.4, 0.5) is 0 Å². The lowest BCUT2D eigenvalue weighted by atomic mass is 10.1. The van der Waals surface area contributed by atoms with Crippen LogP contribution in [0.5, 0.6) is 0 Å². The number of unbranched alkanes of at least 4 members (excludes halogenated alkanes) is 23. The first-order valence-corrected chi connectivity index (χ1v) is 28.3. The molecular weight excluding hydrogens is 844 g/mol. The van der Waals surface area contributed by atoms with Gasteiger partial charge in [0.15, 0.2) is 0 Å². The van der Waals surface area contributed by atoms with Gasteiger partial charge in [-0.1, -0.05) is 203 Å². The van der Waals surface area contributed by atoms with Crippen molar-refractivity contribution in [3.8, 4) is 0 Å². The molecule has 0 radical (unpaired) electrons. The standard InChI is InChI=1S/C56H101N2O7P/c1-7-10-13-16-19-22-25-27-29-31-34-37-40-43-46-49-56(60)65-54(47-44-41-38-35-32-24-21-18-15-12-9-3)53(52-64-66(61,62)63-51-50-58(4,5)6)57-55(59)48-45-42-39-36-33-30-28-26-23-20-17-14-11-8-2/h10-11,13-14,16,19-20,22-23,25,44,47,53-54H,7-9,12,15,17-18,21,24,26-43,45-46,48-52H2,1-6H3,(H-,57,59,61,62)/p+1/b13-10+,14-11+,19-16+,23-20+,25-22+,47-44+. The summed E-state index contributed by atoms with van der Waals surface area (Å²) < 4.78 is 30.5. The number of nitrogens with zero attached hydrogens (tertiary/aromatic N) is 1. The molecule has 0 rings (SSSR count). The molecular formula is C56H102N2O7P+. The first-order valence-electron chi connectivity index (χ1n) is 26.8. The van der Waals surface area contributed by atoms with Gasteiger partial charge in [0.25, 0.3) is 0 Å². The van der Waals surface area contributed by atoms with Gasteiger partial charge in [0.1, 0.15) is 19.3 Å². The number of nitrogens with one attached hydrogen (secondary N) is 1. The zero-order valence-electron chi connectivity index (χ0n) is 43.4. The van der Waals surface area contributed by atoms with Crippen molar-refractivity contribution in [1.82, 2.24) is 5.32 Å². The molecule has 382 valence electrons. The fraction of sp³-hybridized carbons (Fsp3) is 0.750. The average Bonchev–Trinajstić information content (AvgIpc) is 3.27. The minimum atomic E-state index is -4.45. The highest BCUT2D eigenvalue weighted by Gasteiger charge is 2.30. The summed E-state index contributed by atoms with van der Waals surface area (Å²) in [6.45, 7) is 6.74. The molecule has 0 bridgehead atoms. The Hall–Kier alpha value is -2.55. The molecule has 0 aromatic carbocycles. The van der Waals surface area contributed by atoms with Crippen LogP contribution in [0, 0.1) is 0 Å². The van der Waals surface area contributed by atoms with Gasteiger partial charge in [0.05, 0.1) is 33.8 Å². The van der Waals surface area contributed by atoms with Crippen LogP contribution >= 0.6 is 7.82 Å². The van der Waals surface area contributed by atoms with Crippen LogP contribution in [0.3, 0.4) is 0 Å². The van der Waals surface area contributed by atoms with Crippen molar-refractivity contribution >= 4 is 19.7 Å². The Balaban J connectivity index is 5.41. The number of phosphoric acid groups is 1. The number of ether oxygens (including phenoxy) is 1. The zero-order valence-corrected chi connectivity index (χ0v) is 44.3. The normalized spacial score (nSPS) is 14.5. The summed E-state index contributed by atoms with van der Waals surface area (Å²) in [5.74, 6) is -0.534. The maximum Gasteiger partial charge on any atom is 0.472 e. The van der Waals surface area contributed by atoms with Gasteiger partial charge < -0.3 is 19.4 Å². The van der Waals surface area contributed by atoms with Gasteiger partial charge in [-0.3, -0.25) is 18.6 Å². The molecule has 0 spiro atoms. The minimum Gasteiger partial charge on any atom is -0.456 e. The molecule has 0 fully saturated rings. The SMILES string of the molecule is CC/C=C/C=C/C=C/CCCCCCCCCC(=O)OC(/C=C/CCCCCCCCCCC)C(COP(=O)(O)OCC[N+](C)(C)C)NC(=O)CCCCCCCCC/C=C/C/C=C/CC. The maximum absolute atomic E-state index is 13.4. The second kappa shape index (κ2) is 46.2. The van der Waals surface area contributed by atoms with Crippen LogP contribution in [0.1, 0.15) is 220 Å². The highest BCUT2D eigenvalue weighted by Crippen LogP contribution is 2.43. The fourth-order valence-electron chi connectivity index (χ4n) is 7.33. The molecule has 0 aliphatic rings. The summed E-state index contributed by atoms with van der Waals surface area (Å²) in [7, 11) is 1.47. The van der Waals surface area contributed by atoms with Crippen LogP contribution in [0.2, 0.25) is 0 Å². The maximum atomic E-state index is 13.4. The molecule has 9 nitrogen and oxygen atoms in total. The van der Waals surface area contributed by atoms with Gasteiger partial charge in [0, 0.05) is 12.8 Å². The quantitative estimate of drug-likeness (QED) is 0.0156. The number of esters is 1. The topological polar surface area (TPSA) is 111 Å². The van der Waals surface area contributed by atoms with Crippen molar-refractivity contribution in [1.29, 1.82) is 0 Å². The Morgan fingerprint density at radius 3 is 1.61 bits per heavy atom. The van der Waals surface area contributed by atoms with Gasteiger partial charge in [-0.2, -0.15) is 0 Å². The second-order valence-electron chi connectivity index (χ2n) is 19.0. The molecule has 0 aromatic heterocycles. The number of amides is 1. The number of hydrogen-bond donors (Lipinski definition) is 2. The Labute approximate surface area is 406 Å². The Morgan fingerprint density at radius 2 is 1.05 bits per heavy atom. The molecule has 0 heterocycles. The number of allylic oxidation sites excluding steroid dienone is 11. The van der Waals surface area contributed by atoms with E-state index in [2.05, 4.69) is 86.8 Å². The van der Waals surface area contributed by atoms with E-state index in [9.17, 15) is 19.0 Å². The average molecular weight is 946 g/mol. The monoisotopic (exact) mass is 946 g/mol. The number of likely N-dealkylation sites (N-methyl/N-ethyl adjacent to an activating group) is 1. The molecule has 10 heteroatoms. The Kier molecular flexibility index (Phi) is 44.4. The van der Waals surface area contributed by atoms with Crippen molar-refractivity contribution in [3.05, 3.63) is 72.9 Å². The predicted molar refractivity (Wildman–Crippen MR) is 281 cm³/mol. The van der Waals surface area contributed by atoms with Gasteiger partial charge in [0.2, 0.25) is 5.91 Å². The van der Waals surface area contributed by atoms with E-state index in [0.717, 1.165) is 103 Å². The van der Waals surface area contributed by atoms with Crippen LogP contribution in [-0.4, -0.2) is 74.3 Å². The van der Waals surface area contributed by atoms with Crippen LogP contribution in [0.15, 0.2) is 72.9 Å². The molecule has 3 unspecified atom stereocenters. The number of hydrogen-bond acceptors (Lipinski definition) is 6. The molecule has 0 aromatic rings. The zero-order chi connectivity index (χ0) is 48.7. The highest BCUT2D eigenvalue weighted by molar-refractivity contribution is 7.47. The Bertz CT molecular complexity index is 1370. The fourth-order valence-corrected chi connectivity index (χ4v) is 8.07. The van der Waals surface area contributed by atoms with Crippen molar-refractivity contribution in [2.45, 2.75) is 232 Å². The van der Waals surface area contributed by atoms with E-state index in [0.29, 0.717) is 17.4 Å². The van der Waals surface area contributed by atoms with E-state index in [-0.39, 0.29) is 31.5 Å². The molecule has 1 amide bonds. The van der Waals surface area contributed by atoms with Crippen LogP contribution < -0.4 is 5.32 Å². The lowest BCUT2D eigenvalue weighted by Gasteiger charge is -2.27. The summed E-state index contributed by atoms with van der Waals surface area (Å²) in [5.41, 5.74) is 0. The molecule has 2 N–H and O–H groups in total. The van der Waals surface area contributed by atoms with E-state index in [1.807, 2.05) is 33.3 Å². The molecule has 0 saturated carbocycles. The van der Waals surface area contributed by atoms with Crippen LogP contribution in [-0.2, 0) is 27.9 Å². The summed E-state index contributed by atoms with van der Waals surface area (Å²) in [4.78, 5) is 37.5. The molecule has 0 aliphatic heterocycles. The van der Waals surface area contributed by atoms with E-state index in [4.69, 9.17) is 13.8 Å². The minimum absolute atomic E-state index is 0.0337. The van der Waals surface area contributed by atoms with Gasteiger partial charge in [-0.05, 0) is 76.7 Å². The summed E-state index contributed by atoms with van der Waals surface area (Å²) in [6, 6.07) is -0.858. The molecule has 3 atom stereocenters. The first kappa shape index (κ1) is 63.5. The number of carbonyl (C=O) groups is 2. The number of phosphoric ester groups is 1. The van der Waals surface area contributed by atoms with E-state index < -0.39 is 20.0 Å². The molecule has 0 aliphatic carbocycles. The number of quaternary nitrogens is 1. The molecule has 66 heavy (non-hydrogen) atoms. The third-order valence-corrected chi connectivity index (χ3v) is 12.4. The number of carbonyl (C=O) groups excluding carboxylic acids is 2. The van der Waals surface area contributed by atoms with Crippen molar-refractivity contribution in [3.63, 3.8) is 0 Å². The third-order valence-electron chi connectivity index (χ3n) is 11.5. The smallest absolute Gasteiger partial charge is 0.456 e. The second-order valence-corrected chi connectivity index (χ2v) is 20.5. The summed E-state index contributed by atoms with van der Waals surface area (Å²) in [5, 5.41) is 3.03. The molecule has 0 saturated heterocycles. The van der Waals surface area contributed by atoms with E-state index >= 15 is 0 Å². The predicted octanol–water partition coefficient (Wildman–Crippen LogP) is 15.7. The number of rotatable bonds is 47. The summed E-state index contributed by atoms with van der Waals surface area (Å²) in [6.07, 6.45) is 57.5. The lowest BCUT2D eigenvalue weighted by Crippen LogP contribution is -2.47. The van der Waals surface area contributed by atoms with E-state index in [1.54, 1.807) is 0 Å². The Morgan fingerprint density at radius 1 is 0.561 bits per heavy atom. The van der Waals surface area contributed by atoms with Crippen molar-refractivity contribution < 1.29 is 37.3 Å². The van der Waals surface area contributed by atoms with Crippen molar-refractivity contribution in [2.24, 2.45) is 0 Å².